The normalized spacial score (nSPS) is 18.2. The molecule has 3 heteroatoms. The van der Waals surface area contributed by atoms with Crippen LogP contribution < -0.4 is 10.6 Å². The van der Waals surface area contributed by atoms with E-state index in [1.165, 1.54) is 23.4 Å². The zero-order chi connectivity index (χ0) is 13.4. The van der Waals surface area contributed by atoms with Gasteiger partial charge in [-0.25, -0.2) is 4.39 Å². The summed E-state index contributed by atoms with van der Waals surface area (Å²) < 4.78 is 13.2. The Labute approximate surface area is 112 Å². The maximum absolute atomic E-state index is 13.2. The third kappa shape index (κ3) is 2.05. The van der Waals surface area contributed by atoms with Gasteiger partial charge in [0.25, 0.3) is 0 Å². The van der Waals surface area contributed by atoms with Crippen LogP contribution in [-0.2, 0) is 6.42 Å². The lowest BCUT2D eigenvalue weighted by atomic mass is 9.95. The molecule has 3 rings (SSSR count). The summed E-state index contributed by atoms with van der Waals surface area (Å²) in [6.07, 6.45) is 2.16. The molecule has 98 valence electrons. The first-order valence-corrected chi connectivity index (χ1v) is 6.59. The second-order valence-electron chi connectivity index (χ2n) is 5.09. The van der Waals surface area contributed by atoms with Crippen molar-refractivity contribution in [1.82, 2.24) is 0 Å². The van der Waals surface area contributed by atoms with Gasteiger partial charge in [-0.3, -0.25) is 0 Å². The molecule has 0 amide bonds. The van der Waals surface area contributed by atoms with Crippen molar-refractivity contribution in [2.45, 2.75) is 25.8 Å². The van der Waals surface area contributed by atoms with E-state index in [4.69, 9.17) is 5.73 Å². The minimum Gasteiger partial charge on any atom is -0.397 e. The number of para-hydroxylation sites is 1. The molecule has 1 atom stereocenters. The van der Waals surface area contributed by atoms with Crippen LogP contribution in [0.3, 0.4) is 0 Å². The van der Waals surface area contributed by atoms with Crippen molar-refractivity contribution in [2.24, 2.45) is 0 Å². The third-order valence-electron chi connectivity index (χ3n) is 3.77. The number of benzene rings is 2. The molecule has 2 nitrogen and oxygen atoms in total. The highest BCUT2D eigenvalue weighted by Crippen LogP contribution is 2.39. The quantitative estimate of drug-likeness (QED) is 0.784. The van der Waals surface area contributed by atoms with Gasteiger partial charge in [-0.15, -0.1) is 0 Å². The van der Waals surface area contributed by atoms with Crippen molar-refractivity contribution in [3.8, 4) is 0 Å². The Bertz CT molecular complexity index is 609. The van der Waals surface area contributed by atoms with Crippen molar-refractivity contribution in [2.75, 3.05) is 10.6 Å². The lowest BCUT2D eigenvalue weighted by Crippen LogP contribution is -2.33. The van der Waals surface area contributed by atoms with Gasteiger partial charge in [0.15, 0.2) is 0 Å². The van der Waals surface area contributed by atoms with E-state index in [-0.39, 0.29) is 5.82 Å². The zero-order valence-corrected chi connectivity index (χ0v) is 10.9. The van der Waals surface area contributed by atoms with E-state index in [2.05, 4.69) is 30.0 Å². The molecule has 0 saturated heterocycles. The summed E-state index contributed by atoms with van der Waals surface area (Å²) in [7, 11) is 0. The highest BCUT2D eigenvalue weighted by Gasteiger charge is 2.25. The molecule has 0 fully saturated rings. The number of rotatable bonds is 1. The first-order chi connectivity index (χ1) is 9.16. The Balaban J connectivity index is 2.13. The molecular weight excluding hydrogens is 239 g/mol. The van der Waals surface area contributed by atoms with Gasteiger partial charge in [-0.1, -0.05) is 18.2 Å². The van der Waals surface area contributed by atoms with Crippen LogP contribution in [0.15, 0.2) is 42.5 Å². The van der Waals surface area contributed by atoms with Crippen LogP contribution in [0, 0.1) is 5.82 Å². The monoisotopic (exact) mass is 256 g/mol. The molecule has 2 aromatic rings. The van der Waals surface area contributed by atoms with Crippen LogP contribution in [0.25, 0.3) is 0 Å². The van der Waals surface area contributed by atoms with Crippen molar-refractivity contribution >= 4 is 17.1 Å². The van der Waals surface area contributed by atoms with E-state index < -0.39 is 0 Å². The first-order valence-electron chi connectivity index (χ1n) is 6.59. The van der Waals surface area contributed by atoms with Crippen LogP contribution in [0.1, 0.15) is 18.9 Å². The maximum Gasteiger partial charge on any atom is 0.125 e. The molecule has 1 unspecified atom stereocenters. The second kappa shape index (κ2) is 4.57. The SMILES string of the molecule is CC1CCc2ccccc2N1c1ccc(F)cc1N. The number of nitrogen functional groups attached to an aromatic ring is 1. The summed E-state index contributed by atoms with van der Waals surface area (Å²) in [6, 6.07) is 13.3. The van der Waals surface area contributed by atoms with Gasteiger partial charge in [0.2, 0.25) is 0 Å². The topological polar surface area (TPSA) is 29.3 Å². The van der Waals surface area contributed by atoms with E-state index in [1.807, 2.05) is 6.07 Å². The maximum atomic E-state index is 13.2. The third-order valence-corrected chi connectivity index (χ3v) is 3.77. The number of fused-ring (bicyclic) bond motifs is 1. The second-order valence-corrected chi connectivity index (χ2v) is 5.09. The van der Waals surface area contributed by atoms with Gasteiger partial charge in [0.1, 0.15) is 5.82 Å². The number of anilines is 3. The number of hydrogen-bond donors (Lipinski definition) is 1. The molecule has 0 saturated carbocycles. The largest absolute Gasteiger partial charge is 0.397 e. The van der Waals surface area contributed by atoms with Gasteiger partial charge in [0.05, 0.1) is 11.4 Å². The molecule has 0 spiro atoms. The summed E-state index contributed by atoms with van der Waals surface area (Å²) in [6.45, 7) is 2.18. The van der Waals surface area contributed by atoms with Crippen molar-refractivity contribution in [3.63, 3.8) is 0 Å². The summed E-state index contributed by atoms with van der Waals surface area (Å²) in [5, 5.41) is 0. The molecule has 0 aliphatic carbocycles. The van der Waals surface area contributed by atoms with Crippen LogP contribution in [0.5, 0.6) is 0 Å². The van der Waals surface area contributed by atoms with Crippen molar-refractivity contribution in [1.29, 1.82) is 0 Å². The highest BCUT2D eigenvalue weighted by molar-refractivity contribution is 5.77. The van der Waals surface area contributed by atoms with Gasteiger partial charge in [-0.2, -0.15) is 0 Å². The standard InChI is InChI=1S/C16H17FN2/c1-11-6-7-12-4-2-3-5-15(12)19(11)16-9-8-13(17)10-14(16)18/h2-5,8-11H,6-7,18H2,1H3. The van der Waals surface area contributed by atoms with E-state index in [1.54, 1.807) is 6.07 Å². The van der Waals surface area contributed by atoms with Gasteiger partial charge < -0.3 is 10.6 Å². The molecule has 0 radical (unpaired) electrons. The van der Waals surface area contributed by atoms with Crippen molar-refractivity contribution in [3.05, 3.63) is 53.8 Å². The average Bonchev–Trinajstić information content (AvgIpc) is 2.40. The van der Waals surface area contributed by atoms with E-state index in [0.717, 1.165) is 18.5 Å². The predicted octanol–water partition coefficient (Wildman–Crippen LogP) is 3.88. The summed E-state index contributed by atoms with van der Waals surface area (Å²) in [5.74, 6) is -0.292. The molecule has 2 N–H and O–H groups in total. The first kappa shape index (κ1) is 12.0. The fourth-order valence-electron chi connectivity index (χ4n) is 2.80. The Hall–Kier alpha value is -2.03. The minimum absolute atomic E-state index is 0.292. The van der Waals surface area contributed by atoms with Crippen LogP contribution in [-0.4, -0.2) is 6.04 Å². The predicted molar refractivity (Wildman–Crippen MR) is 77.2 cm³/mol. The smallest absolute Gasteiger partial charge is 0.125 e. The highest BCUT2D eigenvalue weighted by atomic mass is 19.1. The Morgan fingerprint density at radius 1 is 1.16 bits per heavy atom. The molecule has 0 bridgehead atoms. The van der Waals surface area contributed by atoms with Crippen LogP contribution >= 0.6 is 0 Å². The number of hydrogen-bond acceptors (Lipinski definition) is 2. The van der Waals surface area contributed by atoms with Gasteiger partial charge >= 0.3 is 0 Å². The number of halogens is 1. The van der Waals surface area contributed by atoms with E-state index in [0.29, 0.717) is 11.7 Å². The molecule has 19 heavy (non-hydrogen) atoms. The summed E-state index contributed by atoms with van der Waals surface area (Å²) in [5.41, 5.74) is 9.87. The Morgan fingerprint density at radius 2 is 1.95 bits per heavy atom. The van der Waals surface area contributed by atoms with E-state index in [9.17, 15) is 4.39 Å². The fraction of sp³-hybridized carbons (Fsp3) is 0.250. The average molecular weight is 256 g/mol. The zero-order valence-electron chi connectivity index (χ0n) is 10.9. The lowest BCUT2D eigenvalue weighted by molar-refractivity contribution is 0.614. The molecule has 2 aromatic carbocycles. The van der Waals surface area contributed by atoms with Gasteiger partial charge in [-0.05, 0) is 49.6 Å². The molecule has 1 aliphatic rings. The minimum atomic E-state index is -0.292. The molecule has 1 heterocycles. The van der Waals surface area contributed by atoms with Crippen LogP contribution in [0.2, 0.25) is 0 Å². The van der Waals surface area contributed by atoms with Gasteiger partial charge in [0, 0.05) is 11.7 Å². The number of nitrogens with two attached hydrogens (primary N) is 1. The summed E-state index contributed by atoms with van der Waals surface area (Å²) >= 11 is 0. The number of aryl methyl sites for hydroxylation is 1. The Morgan fingerprint density at radius 3 is 2.74 bits per heavy atom. The van der Waals surface area contributed by atoms with Crippen molar-refractivity contribution < 1.29 is 4.39 Å². The molecule has 1 aliphatic heterocycles. The fourth-order valence-corrected chi connectivity index (χ4v) is 2.80. The lowest BCUT2D eigenvalue weighted by Gasteiger charge is -2.37. The Kier molecular flexibility index (Phi) is 2.90. The number of nitrogens with zero attached hydrogens (tertiary/aromatic N) is 1. The summed E-state index contributed by atoms with van der Waals surface area (Å²) in [4.78, 5) is 2.22. The van der Waals surface area contributed by atoms with Crippen LogP contribution in [0.4, 0.5) is 21.5 Å². The molecule has 0 aromatic heterocycles. The molecular formula is C16H17FN2. The van der Waals surface area contributed by atoms with E-state index >= 15 is 0 Å².